The minimum Gasteiger partial charge on any atom is -0.394 e. The van der Waals surface area contributed by atoms with Gasteiger partial charge in [-0.25, -0.2) is 0 Å². The van der Waals surface area contributed by atoms with E-state index in [0.29, 0.717) is 6.42 Å². The molecule has 0 amide bonds. The van der Waals surface area contributed by atoms with Crippen LogP contribution in [0.1, 0.15) is 12.0 Å². The summed E-state index contributed by atoms with van der Waals surface area (Å²) in [4.78, 5) is 0. The van der Waals surface area contributed by atoms with Crippen LogP contribution in [0.25, 0.3) is 0 Å². The molecule has 1 aromatic carbocycles. The first kappa shape index (κ1) is 16.9. The average Bonchev–Trinajstić information content (AvgIpc) is 2.55. The number of aliphatic hydroxyl groups excluding tert-OH is 5. The predicted molar refractivity (Wildman–Crippen MR) is 80.0 cm³/mol. The highest BCUT2D eigenvalue weighted by Crippen LogP contribution is 2.23. The van der Waals surface area contributed by atoms with Crippen LogP contribution in [0.15, 0.2) is 35.4 Å². The average molecular weight is 310 g/mol. The Bertz CT molecular complexity index is 484. The van der Waals surface area contributed by atoms with Gasteiger partial charge in [-0.15, -0.1) is 0 Å². The van der Waals surface area contributed by atoms with E-state index in [2.05, 4.69) is 5.10 Å². The number of aliphatic hydroxyl groups is 5. The molecule has 1 aliphatic rings. The molecule has 22 heavy (non-hydrogen) atoms. The first-order valence-electron chi connectivity index (χ1n) is 7.24. The molecule has 2 rings (SSSR count). The van der Waals surface area contributed by atoms with Crippen molar-refractivity contribution in [3.63, 3.8) is 0 Å². The van der Waals surface area contributed by atoms with Gasteiger partial charge in [0.1, 0.15) is 24.4 Å². The van der Waals surface area contributed by atoms with Gasteiger partial charge in [0, 0.05) is 6.21 Å². The van der Waals surface area contributed by atoms with Crippen LogP contribution in [0.5, 0.6) is 0 Å². The molecule has 1 aliphatic heterocycles. The molecule has 1 aromatic rings. The fraction of sp³-hybridized carbons (Fsp3) is 0.533. The number of nitrogens with zero attached hydrogens (tertiary/aromatic N) is 2. The number of benzene rings is 1. The van der Waals surface area contributed by atoms with Gasteiger partial charge in [-0.3, -0.25) is 5.01 Å². The highest BCUT2D eigenvalue weighted by atomic mass is 16.4. The van der Waals surface area contributed by atoms with E-state index < -0.39 is 37.2 Å². The van der Waals surface area contributed by atoms with Crippen molar-refractivity contribution in [2.45, 2.75) is 43.4 Å². The van der Waals surface area contributed by atoms with E-state index in [1.54, 1.807) is 6.21 Å². The van der Waals surface area contributed by atoms with Gasteiger partial charge >= 0.3 is 0 Å². The Kier molecular flexibility index (Phi) is 5.87. The van der Waals surface area contributed by atoms with Crippen LogP contribution in [0.4, 0.5) is 0 Å². The minimum atomic E-state index is -1.55. The molecule has 7 nitrogen and oxygen atoms in total. The zero-order valence-electron chi connectivity index (χ0n) is 12.1. The number of hydrogen-bond acceptors (Lipinski definition) is 7. The predicted octanol–water partition coefficient (Wildman–Crippen LogP) is -1.32. The molecule has 1 saturated heterocycles. The summed E-state index contributed by atoms with van der Waals surface area (Å²) in [5, 5.41) is 53.4. The maximum Gasteiger partial charge on any atom is 0.171 e. The number of rotatable bonds is 5. The van der Waals surface area contributed by atoms with Gasteiger partial charge in [0.2, 0.25) is 0 Å². The van der Waals surface area contributed by atoms with E-state index in [1.807, 2.05) is 30.3 Å². The third-order valence-corrected chi connectivity index (χ3v) is 3.82. The summed E-state index contributed by atoms with van der Waals surface area (Å²) in [5.74, 6) is 0. The first-order chi connectivity index (χ1) is 10.6. The Morgan fingerprint density at radius 3 is 2.32 bits per heavy atom. The Balaban J connectivity index is 1.98. The number of hydrogen-bond donors (Lipinski definition) is 5. The summed E-state index contributed by atoms with van der Waals surface area (Å²) in [6.07, 6.45) is -3.05. The molecular weight excluding hydrogens is 288 g/mol. The summed E-state index contributed by atoms with van der Waals surface area (Å²) in [5.41, 5.74) is 1.14. The Hall–Kier alpha value is -1.51. The number of piperidine rings is 1. The zero-order valence-corrected chi connectivity index (χ0v) is 12.1. The van der Waals surface area contributed by atoms with Crippen molar-refractivity contribution in [3.05, 3.63) is 35.9 Å². The zero-order chi connectivity index (χ0) is 16.1. The smallest absolute Gasteiger partial charge is 0.171 e. The normalized spacial score (nSPS) is 32.6. The third-order valence-electron chi connectivity index (χ3n) is 3.82. The summed E-state index contributed by atoms with van der Waals surface area (Å²) >= 11 is 0. The lowest BCUT2D eigenvalue weighted by molar-refractivity contribution is -0.222. The second-order valence-electron chi connectivity index (χ2n) is 5.34. The number of hydrazone groups is 1. The highest BCUT2D eigenvalue weighted by Gasteiger charge is 2.46. The largest absolute Gasteiger partial charge is 0.394 e. The maximum absolute atomic E-state index is 9.92. The second kappa shape index (κ2) is 7.66. The Labute approximate surface area is 128 Å². The van der Waals surface area contributed by atoms with E-state index in [9.17, 15) is 25.5 Å². The SMILES string of the molecule is OC[C@@H]1[C@@H](O)[C@H](O)[C@@H](O)C(O)N1/N=C/CCc1ccccc1. The molecule has 0 aliphatic carbocycles. The van der Waals surface area contributed by atoms with Crippen molar-refractivity contribution < 1.29 is 25.5 Å². The maximum atomic E-state index is 9.92. The van der Waals surface area contributed by atoms with E-state index in [0.717, 1.165) is 17.0 Å². The molecule has 1 fully saturated rings. The first-order valence-corrected chi connectivity index (χ1v) is 7.24. The van der Waals surface area contributed by atoms with Gasteiger partial charge in [0.05, 0.1) is 6.61 Å². The van der Waals surface area contributed by atoms with Gasteiger partial charge in [-0.05, 0) is 18.4 Å². The summed E-state index contributed by atoms with van der Waals surface area (Å²) in [6, 6.07) is 8.82. The molecule has 0 saturated carbocycles. The second-order valence-corrected chi connectivity index (χ2v) is 5.34. The van der Waals surface area contributed by atoms with Crippen LogP contribution in [0, 0.1) is 0 Å². The van der Waals surface area contributed by atoms with Crippen LogP contribution in [0.3, 0.4) is 0 Å². The van der Waals surface area contributed by atoms with Crippen molar-refractivity contribution in [1.82, 2.24) is 5.01 Å². The molecule has 1 heterocycles. The van der Waals surface area contributed by atoms with E-state index in [1.165, 1.54) is 0 Å². The molecule has 5 N–H and O–H groups in total. The minimum absolute atomic E-state index is 0.502. The molecule has 0 spiro atoms. The molecule has 7 heteroatoms. The third kappa shape index (κ3) is 3.63. The van der Waals surface area contributed by atoms with Crippen LogP contribution in [-0.4, -0.2) is 73.9 Å². The quantitative estimate of drug-likeness (QED) is 0.431. The Morgan fingerprint density at radius 1 is 1.00 bits per heavy atom. The van der Waals surface area contributed by atoms with Gasteiger partial charge in [-0.1, -0.05) is 30.3 Å². The van der Waals surface area contributed by atoms with E-state index in [-0.39, 0.29) is 0 Å². The lowest BCUT2D eigenvalue weighted by atomic mass is 9.94. The van der Waals surface area contributed by atoms with Crippen molar-refractivity contribution in [1.29, 1.82) is 0 Å². The fourth-order valence-corrected chi connectivity index (χ4v) is 2.49. The van der Waals surface area contributed by atoms with Crippen molar-refractivity contribution >= 4 is 6.21 Å². The van der Waals surface area contributed by atoms with Crippen LogP contribution in [-0.2, 0) is 6.42 Å². The summed E-state index contributed by atoms with van der Waals surface area (Å²) < 4.78 is 0. The summed E-state index contributed by atoms with van der Waals surface area (Å²) in [7, 11) is 0. The van der Waals surface area contributed by atoms with Crippen LogP contribution >= 0.6 is 0 Å². The van der Waals surface area contributed by atoms with Crippen LogP contribution < -0.4 is 0 Å². The molecular formula is C15H22N2O5. The summed E-state index contributed by atoms with van der Waals surface area (Å²) in [6.45, 7) is -0.502. The lowest BCUT2D eigenvalue weighted by Crippen LogP contribution is -2.65. The molecule has 0 aromatic heterocycles. The Morgan fingerprint density at radius 2 is 1.68 bits per heavy atom. The fourth-order valence-electron chi connectivity index (χ4n) is 2.49. The van der Waals surface area contributed by atoms with Gasteiger partial charge < -0.3 is 25.5 Å². The lowest BCUT2D eigenvalue weighted by Gasteiger charge is -2.44. The van der Waals surface area contributed by atoms with Gasteiger partial charge in [0.15, 0.2) is 6.23 Å². The van der Waals surface area contributed by atoms with Crippen LogP contribution in [0.2, 0.25) is 0 Å². The van der Waals surface area contributed by atoms with E-state index >= 15 is 0 Å². The molecule has 0 bridgehead atoms. The topological polar surface area (TPSA) is 117 Å². The molecule has 0 radical (unpaired) electrons. The van der Waals surface area contributed by atoms with Crippen molar-refractivity contribution in [2.24, 2.45) is 5.10 Å². The molecule has 5 atom stereocenters. The van der Waals surface area contributed by atoms with Gasteiger partial charge in [0.25, 0.3) is 0 Å². The monoisotopic (exact) mass is 310 g/mol. The van der Waals surface area contributed by atoms with Gasteiger partial charge in [-0.2, -0.15) is 5.10 Å². The number of aryl methyl sites for hydroxylation is 1. The standard InChI is InChI=1S/C15H22N2O5/c18-9-11-12(19)13(20)14(21)15(22)17(11)16-8-4-7-10-5-2-1-3-6-10/h1-3,5-6,8,11-15,18-22H,4,7,9H2/b16-8+/t11-,12-,13+,14-,15?/m1/s1. The van der Waals surface area contributed by atoms with E-state index in [4.69, 9.17) is 0 Å². The van der Waals surface area contributed by atoms with Crippen molar-refractivity contribution in [3.8, 4) is 0 Å². The molecule has 122 valence electrons. The highest BCUT2D eigenvalue weighted by molar-refractivity contribution is 5.57. The molecule has 1 unspecified atom stereocenters. The van der Waals surface area contributed by atoms with Crippen molar-refractivity contribution in [2.75, 3.05) is 6.61 Å².